The Hall–Kier alpha value is -3.15. The van der Waals surface area contributed by atoms with E-state index in [9.17, 15) is 9.59 Å². The zero-order valence-electron chi connectivity index (χ0n) is 14.4. The Labute approximate surface area is 145 Å². The first-order valence-electron chi connectivity index (χ1n) is 8.11. The molecule has 0 unspecified atom stereocenters. The fourth-order valence-electron chi connectivity index (χ4n) is 2.38. The Morgan fingerprint density at radius 1 is 1.00 bits per heavy atom. The Morgan fingerprint density at radius 2 is 1.64 bits per heavy atom. The van der Waals surface area contributed by atoms with E-state index in [1.54, 1.807) is 30.5 Å². The van der Waals surface area contributed by atoms with Crippen molar-refractivity contribution in [3.05, 3.63) is 60.0 Å². The monoisotopic (exact) mass is 336 g/mol. The van der Waals surface area contributed by atoms with Crippen molar-refractivity contribution in [1.82, 2.24) is 9.38 Å². The van der Waals surface area contributed by atoms with Crippen LogP contribution in [0.4, 0.5) is 11.4 Å². The number of fused-ring (bicyclic) bond motifs is 1. The van der Waals surface area contributed by atoms with E-state index in [1.807, 2.05) is 43.4 Å². The maximum absolute atomic E-state index is 12.4. The highest BCUT2D eigenvalue weighted by molar-refractivity contribution is 6.03. The fraction of sp³-hybridized carbons (Fsp3) is 0.211. The van der Waals surface area contributed by atoms with Crippen molar-refractivity contribution in [2.45, 2.75) is 20.8 Å². The van der Waals surface area contributed by atoms with Crippen LogP contribution in [0.25, 0.3) is 5.65 Å². The largest absolute Gasteiger partial charge is 0.326 e. The molecule has 0 spiro atoms. The number of anilines is 2. The van der Waals surface area contributed by atoms with Gasteiger partial charge >= 0.3 is 0 Å². The summed E-state index contributed by atoms with van der Waals surface area (Å²) in [6.07, 6.45) is 1.72. The number of amides is 2. The van der Waals surface area contributed by atoms with Gasteiger partial charge in [0, 0.05) is 29.2 Å². The Balaban J connectivity index is 1.72. The standard InChI is InChI=1S/C19H20N4O2/c1-12(2)18(24)20-14-7-9-15(10-8-14)21-19(25)16-11-23-13(3)5-4-6-17(23)22-16/h4-12H,1-3H3,(H,20,24)(H,21,25). The molecule has 3 aromatic rings. The number of hydrogen-bond donors (Lipinski definition) is 2. The molecule has 3 rings (SSSR count). The number of hydrogen-bond acceptors (Lipinski definition) is 3. The van der Waals surface area contributed by atoms with Crippen LogP contribution in [0.5, 0.6) is 0 Å². The molecule has 2 amide bonds. The van der Waals surface area contributed by atoms with Gasteiger partial charge in [-0.2, -0.15) is 0 Å². The fourth-order valence-corrected chi connectivity index (χ4v) is 2.38. The molecule has 0 fully saturated rings. The van der Waals surface area contributed by atoms with E-state index in [2.05, 4.69) is 15.6 Å². The predicted octanol–water partition coefficient (Wildman–Crippen LogP) is 3.49. The quantitative estimate of drug-likeness (QED) is 0.766. The summed E-state index contributed by atoms with van der Waals surface area (Å²) in [4.78, 5) is 28.4. The molecule has 0 aliphatic rings. The second kappa shape index (κ2) is 6.76. The number of aromatic nitrogens is 2. The van der Waals surface area contributed by atoms with Gasteiger partial charge in [-0.25, -0.2) is 4.98 Å². The summed E-state index contributed by atoms with van der Waals surface area (Å²) < 4.78 is 1.87. The molecular weight excluding hydrogens is 316 g/mol. The van der Waals surface area contributed by atoms with Gasteiger partial charge in [0.05, 0.1) is 0 Å². The lowest BCUT2D eigenvalue weighted by atomic mass is 10.2. The molecule has 0 atom stereocenters. The second-order valence-corrected chi connectivity index (χ2v) is 6.20. The van der Waals surface area contributed by atoms with Crippen molar-refractivity contribution in [2.24, 2.45) is 5.92 Å². The number of imidazole rings is 1. The summed E-state index contributed by atoms with van der Waals surface area (Å²) in [5.74, 6) is -0.406. The van der Waals surface area contributed by atoms with Crippen LogP contribution in [-0.2, 0) is 4.79 Å². The topological polar surface area (TPSA) is 75.5 Å². The van der Waals surface area contributed by atoms with E-state index in [0.29, 0.717) is 17.1 Å². The summed E-state index contributed by atoms with van der Waals surface area (Å²) in [7, 11) is 0. The van der Waals surface area contributed by atoms with Gasteiger partial charge in [0.2, 0.25) is 5.91 Å². The van der Waals surface area contributed by atoms with Crippen molar-refractivity contribution in [3.63, 3.8) is 0 Å². The van der Waals surface area contributed by atoms with Crippen molar-refractivity contribution in [3.8, 4) is 0 Å². The van der Waals surface area contributed by atoms with E-state index >= 15 is 0 Å². The van der Waals surface area contributed by atoms with Crippen LogP contribution in [-0.4, -0.2) is 21.2 Å². The molecule has 0 aliphatic carbocycles. The zero-order valence-corrected chi connectivity index (χ0v) is 14.4. The van der Waals surface area contributed by atoms with Gasteiger partial charge in [0.15, 0.2) is 0 Å². The van der Waals surface area contributed by atoms with Gasteiger partial charge in [0.25, 0.3) is 5.91 Å². The maximum Gasteiger partial charge on any atom is 0.275 e. The predicted molar refractivity (Wildman–Crippen MR) is 97.8 cm³/mol. The van der Waals surface area contributed by atoms with Crippen LogP contribution < -0.4 is 10.6 Å². The molecule has 0 aliphatic heterocycles. The summed E-state index contributed by atoms with van der Waals surface area (Å²) in [6.45, 7) is 5.63. The smallest absolute Gasteiger partial charge is 0.275 e. The molecule has 0 radical (unpaired) electrons. The molecule has 2 heterocycles. The first kappa shape index (κ1) is 16.7. The lowest BCUT2D eigenvalue weighted by molar-refractivity contribution is -0.118. The summed E-state index contributed by atoms with van der Waals surface area (Å²) >= 11 is 0. The molecule has 1 aromatic carbocycles. The average molecular weight is 336 g/mol. The van der Waals surface area contributed by atoms with Crippen LogP contribution >= 0.6 is 0 Å². The van der Waals surface area contributed by atoms with Crippen molar-refractivity contribution >= 4 is 28.8 Å². The van der Waals surface area contributed by atoms with Crippen LogP contribution in [0, 0.1) is 12.8 Å². The van der Waals surface area contributed by atoms with E-state index in [0.717, 1.165) is 11.3 Å². The molecule has 6 heteroatoms. The molecule has 2 aromatic heterocycles. The number of aryl methyl sites for hydroxylation is 1. The van der Waals surface area contributed by atoms with Crippen molar-refractivity contribution < 1.29 is 9.59 Å². The number of nitrogens with zero attached hydrogens (tertiary/aromatic N) is 2. The number of nitrogens with one attached hydrogen (secondary N) is 2. The lowest BCUT2D eigenvalue weighted by Crippen LogP contribution is -2.17. The van der Waals surface area contributed by atoms with Crippen LogP contribution in [0.2, 0.25) is 0 Å². The third-order valence-corrected chi connectivity index (χ3v) is 3.86. The molecule has 128 valence electrons. The normalized spacial score (nSPS) is 10.9. The van der Waals surface area contributed by atoms with Gasteiger partial charge < -0.3 is 15.0 Å². The minimum absolute atomic E-state index is 0.0446. The first-order chi connectivity index (χ1) is 11.9. The van der Waals surface area contributed by atoms with E-state index in [-0.39, 0.29) is 17.7 Å². The summed E-state index contributed by atoms with van der Waals surface area (Å²) in [5.41, 5.74) is 3.43. The third kappa shape index (κ3) is 3.68. The Bertz CT molecular complexity index is 926. The lowest BCUT2D eigenvalue weighted by Gasteiger charge is -2.08. The second-order valence-electron chi connectivity index (χ2n) is 6.20. The highest BCUT2D eigenvalue weighted by atomic mass is 16.2. The number of carbonyl (C=O) groups is 2. The van der Waals surface area contributed by atoms with E-state index in [1.165, 1.54) is 0 Å². The van der Waals surface area contributed by atoms with Gasteiger partial charge in [-0.15, -0.1) is 0 Å². The number of benzene rings is 1. The minimum Gasteiger partial charge on any atom is -0.326 e. The molecular formula is C19H20N4O2. The van der Waals surface area contributed by atoms with E-state index in [4.69, 9.17) is 0 Å². The first-order valence-corrected chi connectivity index (χ1v) is 8.11. The van der Waals surface area contributed by atoms with Crippen LogP contribution in [0.3, 0.4) is 0 Å². The highest BCUT2D eigenvalue weighted by Gasteiger charge is 2.12. The Morgan fingerprint density at radius 3 is 2.24 bits per heavy atom. The summed E-state index contributed by atoms with van der Waals surface area (Å²) in [5, 5.41) is 5.62. The number of pyridine rings is 1. The average Bonchev–Trinajstić information content (AvgIpc) is 3.02. The zero-order chi connectivity index (χ0) is 18.0. The number of carbonyl (C=O) groups excluding carboxylic acids is 2. The van der Waals surface area contributed by atoms with Gasteiger partial charge in [0.1, 0.15) is 11.3 Å². The third-order valence-electron chi connectivity index (χ3n) is 3.86. The number of rotatable bonds is 4. The van der Waals surface area contributed by atoms with Gasteiger partial charge in [-0.05, 0) is 43.3 Å². The van der Waals surface area contributed by atoms with Crippen LogP contribution in [0.15, 0.2) is 48.7 Å². The highest BCUT2D eigenvalue weighted by Crippen LogP contribution is 2.16. The summed E-state index contributed by atoms with van der Waals surface area (Å²) in [6, 6.07) is 12.7. The molecule has 0 saturated heterocycles. The van der Waals surface area contributed by atoms with Crippen LogP contribution in [0.1, 0.15) is 30.0 Å². The molecule has 0 saturated carbocycles. The molecule has 2 N–H and O–H groups in total. The van der Waals surface area contributed by atoms with Crippen molar-refractivity contribution in [2.75, 3.05) is 10.6 Å². The Kier molecular flexibility index (Phi) is 4.52. The molecule has 6 nitrogen and oxygen atoms in total. The van der Waals surface area contributed by atoms with E-state index < -0.39 is 0 Å². The van der Waals surface area contributed by atoms with Gasteiger partial charge in [-0.3, -0.25) is 9.59 Å². The van der Waals surface area contributed by atoms with Gasteiger partial charge in [-0.1, -0.05) is 19.9 Å². The minimum atomic E-state index is -0.276. The maximum atomic E-state index is 12.4. The molecule has 0 bridgehead atoms. The van der Waals surface area contributed by atoms with Crippen molar-refractivity contribution in [1.29, 1.82) is 0 Å². The molecule has 25 heavy (non-hydrogen) atoms. The SMILES string of the molecule is Cc1cccc2nc(C(=O)Nc3ccc(NC(=O)C(C)C)cc3)cn12.